The fraction of sp³-hybridized carbons (Fsp3) is 0.739. The first-order chi connectivity index (χ1) is 12.6. The summed E-state index contributed by atoms with van der Waals surface area (Å²) in [4.78, 5) is 0. The van der Waals surface area contributed by atoms with Gasteiger partial charge in [-0.1, -0.05) is 56.8 Å². The van der Waals surface area contributed by atoms with Gasteiger partial charge in [0.25, 0.3) is 0 Å². The predicted octanol–water partition coefficient (Wildman–Crippen LogP) is 6.36. The van der Waals surface area contributed by atoms with Crippen LogP contribution in [-0.2, 0) is 10.2 Å². The van der Waals surface area contributed by atoms with Gasteiger partial charge in [0.2, 0.25) is 0 Å². The third-order valence-corrected chi connectivity index (χ3v) is 6.10. The second-order valence-electron chi connectivity index (χ2n) is 8.26. The van der Waals surface area contributed by atoms with Gasteiger partial charge in [-0.15, -0.1) is 0 Å². The molecule has 2 rings (SSSR count). The Balaban J connectivity index is 2.12. The lowest BCUT2D eigenvalue weighted by Gasteiger charge is -2.45. The van der Waals surface area contributed by atoms with Crippen LogP contribution in [0.25, 0.3) is 0 Å². The minimum atomic E-state index is 0.257. The molecule has 1 aliphatic carbocycles. The fourth-order valence-corrected chi connectivity index (χ4v) is 4.65. The van der Waals surface area contributed by atoms with Crippen molar-refractivity contribution < 1.29 is 4.74 Å². The maximum Gasteiger partial charge on any atom is 0.0466 e. The molecule has 26 heavy (non-hydrogen) atoms. The Kier molecular flexibility index (Phi) is 9.45. The smallest absolute Gasteiger partial charge is 0.0466 e. The monoisotopic (exact) mass is 379 g/mol. The van der Waals surface area contributed by atoms with Gasteiger partial charge in [-0.2, -0.15) is 0 Å². The molecule has 0 amide bonds. The molecule has 1 unspecified atom stereocenters. The van der Waals surface area contributed by atoms with Crippen LogP contribution in [0.5, 0.6) is 0 Å². The number of hydrogen-bond donors (Lipinski definition) is 1. The van der Waals surface area contributed by atoms with E-state index in [0.717, 1.165) is 31.2 Å². The van der Waals surface area contributed by atoms with E-state index in [1.54, 1.807) is 0 Å². The van der Waals surface area contributed by atoms with Crippen LogP contribution in [0.3, 0.4) is 0 Å². The van der Waals surface area contributed by atoms with E-state index in [0.29, 0.717) is 12.0 Å². The molecule has 1 fully saturated rings. The summed E-state index contributed by atoms with van der Waals surface area (Å²) in [5.74, 6) is 0.696. The Bertz CT molecular complexity index is 493. The minimum Gasteiger partial charge on any atom is -0.382 e. The zero-order valence-electron chi connectivity index (χ0n) is 17.0. The van der Waals surface area contributed by atoms with Gasteiger partial charge in [0.15, 0.2) is 0 Å². The van der Waals surface area contributed by atoms with Crippen molar-refractivity contribution in [1.29, 1.82) is 0 Å². The number of rotatable bonds is 11. The molecule has 1 saturated carbocycles. The number of ether oxygens (including phenoxy) is 1. The molecule has 0 heterocycles. The van der Waals surface area contributed by atoms with Crippen LogP contribution >= 0.6 is 11.6 Å². The van der Waals surface area contributed by atoms with Gasteiger partial charge in [-0.3, -0.25) is 0 Å². The van der Waals surface area contributed by atoms with E-state index < -0.39 is 0 Å². The average Bonchev–Trinajstić information content (AvgIpc) is 2.64. The van der Waals surface area contributed by atoms with Gasteiger partial charge in [-0.25, -0.2) is 0 Å². The van der Waals surface area contributed by atoms with Crippen molar-refractivity contribution in [3.05, 3.63) is 34.9 Å². The first kappa shape index (κ1) is 21.7. The highest BCUT2D eigenvalue weighted by Crippen LogP contribution is 2.44. The number of benzene rings is 1. The van der Waals surface area contributed by atoms with Gasteiger partial charge in [-0.05, 0) is 69.2 Å². The van der Waals surface area contributed by atoms with Crippen LogP contribution in [0.1, 0.15) is 77.7 Å². The molecule has 0 saturated heterocycles. The number of nitrogens with one attached hydrogen (secondary N) is 1. The van der Waals surface area contributed by atoms with E-state index in [2.05, 4.69) is 50.4 Å². The van der Waals surface area contributed by atoms with Crippen molar-refractivity contribution in [3.8, 4) is 0 Å². The highest BCUT2D eigenvalue weighted by molar-refractivity contribution is 6.30. The van der Waals surface area contributed by atoms with Gasteiger partial charge >= 0.3 is 0 Å². The van der Waals surface area contributed by atoms with E-state index in [-0.39, 0.29) is 5.41 Å². The highest BCUT2D eigenvalue weighted by atomic mass is 35.5. The van der Waals surface area contributed by atoms with Crippen LogP contribution in [0.4, 0.5) is 0 Å². The van der Waals surface area contributed by atoms with Crippen molar-refractivity contribution in [2.75, 3.05) is 19.8 Å². The lowest BCUT2D eigenvalue weighted by Crippen LogP contribution is -2.50. The second-order valence-corrected chi connectivity index (χ2v) is 8.70. The Morgan fingerprint density at radius 3 is 2.38 bits per heavy atom. The lowest BCUT2D eigenvalue weighted by molar-refractivity contribution is 0.141. The van der Waals surface area contributed by atoms with E-state index >= 15 is 0 Å². The molecule has 1 N–H and O–H groups in total. The van der Waals surface area contributed by atoms with Crippen molar-refractivity contribution in [2.24, 2.45) is 5.92 Å². The van der Waals surface area contributed by atoms with E-state index in [9.17, 15) is 0 Å². The molecule has 0 aromatic heterocycles. The third-order valence-electron chi connectivity index (χ3n) is 5.85. The van der Waals surface area contributed by atoms with Crippen LogP contribution in [0.15, 0.2) is 24.3 Å². The molecule has 148 valence electrons. The molecule has 0 radical (unpaired) electrons. The summed E-state index contributed by atoms with van der Waals surface area (Å²) in [6.45, 7) is 9.55. The lowest BCUT2D eigenvalue weighted by atomic mass is 9.63. The van der Waals surface area contributed by atoms with Gasteiger partial charge in [0.1, 0.15) is 0 Å². The summed E-state index contributed by atoms with van der Waals surface area (Å²) in [6, 6.07) is 9.23. The molecule has 1 aromatic rings. The standard InChI is InChI=1S/C23H38ClNO/c1-4-26-17-9-8-16-25-22(18-19(2)3)23(14-6-5-7-15-23)20-10-12-21(24)13-11-20/h10-13,19,22,25H,4-9,14-18H2,1-3H3. The Morgan fingerprint density at radius 2 is 1.77 bits per heavy atom. The van der Waals surface area contributed by atoms with E-state index in [1.165, 1.54) is 50.5 Å². The van der Waals surface area contributed by atoms with E-state index in [4.69, 9.17) is 16.3 Å². The molecular formula is C23H38ClNO. The Hall–Kier alpha value is -0.570. The molecule has 1 aromatic carbocycles. The van der Waals surface area contributed by atoms with E-state index in [1.807, 2.05) is 0 Å². The molecular weight excluding hydrogens is 342 g/mol. The van der Waals surface area contributed by atoms with Crippen LogP contribution in [0.2, 0.25) is 5.02 Å². The molecule has 1 atom stereocenters. The summed E-state index contributed by atoms with van der Waals surface area (Å²) in [5, 5.41) is 4.80. The minimum absolute atomic E-state index is 0.257. The fourth-order valence-electron chi connectivity index (χ4n) is 4.53. The summed E-state index contributed by atoms with van der Waals surface area (Å²) < 4.78 is 5.48. The topological polar surface area (TPSA) is 21.3 Å². The maximum absolute atomic E-state index is 6.18. The van der Waals surface area contributed by atoms with Crippen LogP contribution in [0, 0.1) is 5.92 Å². The Labute approximate surface area is 166 Å². The van der Waals surface area contributed by atoms with Crippen molar-refractivity contribution in [1.82, 2.24) is 5.32 Å². The third kappa shape index (κ3) is 6.25. The zero-order valence-corrected chi connectivity index (χ0v) is 17.8. The molecule has 0 aliphatic heterocycles. The first-order valence-corrected chi connectivity index (χ1v) is 11.0. The number of unbranched alkanes of at least 4 members (excludes halogenated alkanes) is 1. The summed E-state index contributed by atoms with van der Waals surface area (Å²) in [6.07, 6.45) is 10.2. The maximum atomic E-state index is 6.18. The van der Waals surface area contributed by atoms with Gasteiger partial charge in [0, 0.05) is 29.7 Å². The average molecular weight is 380 g/mol. The largest absolute Gasteiger partial charge is 0.382 e. The number of hydrogen-bond acceptors (Lipinski definition) is 2. The van der Waals surface area contributed by atoms with Crippen molar-refractivity contribution >= 4 is 11.6 Å². The van der Waals surface area contributed by atoms with Gasteiger partial charge < -0.3 is 10.1 Å². The highest BCUT2D eigenvalue weighted by Gasteiger charge is 2.41. The van der Waals surface area contributed by atoms with Gasteiger partial charge in [0.05, 0.1) is 0 Å². The van der Waals surface area contributed by atoms with Crippen molar-refractivity contribution in [3.63, 3.8) is 0 Å². The Morgan fingerprint density at radius 1 is 1.08 bits per heavy atom. The van der Waals surface area contributed by atoms with Crippen LogP contribution < -0.4 is 5.32 Å². The summed E-state index contributed by atoms with van der Waals surface area (Å²) in [7, 11) is 0. The molecule has 0 bridgehead atoms. The number of halogens is 1. The summed E-state index contributed by atoms with van der Waals surface area (Å²) in [5.41, 5.74) is 1.74. The van der Waals surface area contributed by atoms with Crippen LogP contribution in [-0.4, -0.2) is 25.8 Å². The zero-order chi connectivity index (χ0) is 18.8. The van der Waals surface area contributed by atoms with Crippen molar-refractivity contribution in [2.45, 2.75) is 83.6 Å². The normalized spacial score (nSPS) is 18.2. The molecule has 3 heteroatoms. The quantitative estimate of drug-likeness (QED) is 0.451. The second kappa shape index (κ2) is 11.3. The molecule has 1 aliphatic rings. The SMILES string of the molecule is CCOCCCCNC(CC(C)C)C1(c2ccc(Cl)cc2)CCCCC1. The first-order valence-electron chi connectivity index (χ1n) is 10.7. The summed E-state index contributed by atoms with van der Waals surface area (Å²) >= 11 is 6.18. The predicted molar refractivity (Wildman–Crippen MR) is 113 cm³/mol. The molecule has 2 nitrogen and oxygen atoms in total. The molecule has 0 spiro atoms.